The van der Waals surface area contributed by atoms with Gasteiger partial charge in [0.05, 0.1) is 5.92 Å². The van der Waals surface area contributed by atoms with Crippen LogP contribution in [0, 0.1) is 11.8 Å². The molecule has 0 spiro atoms. The molecule has 3 N–H and O–H groups in total. The van der Waals surface area contributed by atoms with Gasteiger partial charge in [-0.05, 0) is 19.5 Å². The van der Waals surface area contributed by atoms with Crippen molar-refractivity contribution in [2.24, 2.45) is 17.6 Å². The van der Waals surface area contributed by atoms with E-state index in [1.54, 1.807) is 4.90 Å². The van der Waals surface area contributed by atoms with Crippen LogP contribution in [-0.4, -0.2) is 49.0 Å². The maximum atomic E-state index is 12.5. The molecule has 0 aliphatic carbocycles. The molecule has 0 bridgehead atoms. The highest BCUT2D eigenvalue weighted by Crippen LogP contribution is 2.37. The van der Waals surface area contributed by atoms with Crippen LogP contribution in [0.2, 0.25) is 0 Å². The lowest BCUT2D eigenvalue weighted by atomic mass is 9.97. The van der Waals surface area contributed by atoms with E-state index in [4.69, 9.17) is 10.8 Å². The Morgan fingerprint density at radius 2 is 2.00 bits per heavy atom. The number of likely N-dealkylation sites (tertiary alicyclic amines) is 1. The molecule has 0 aromatic carbocycles. The Balaban J connectivity index is 2.51. The van der Waals surface area contributed by atoms with E-state index in [2.05, 4.69) is 0 Å². The minimum Gasteiger partial charge on any atom is -0.396 e. The summed E-state index contributed by atoms with van der Waals surface area (Å²) in [5, 5.41) is 8.89. The average molecular weight is 226 g/mol. The van der Waals surface area contributed by atoms with Gasteiger partial charge in [-0.2, -0.15) is 13.2 Å². The standard InChI is InChI=1S/C9H17F3N2O/c10-9(11,12)8-5-14(3-1-2-13)4-7(8)6-15/h7-8,15H,1-6,13H2/t7-,8+/m0/s1. The highest BCUT2D eigenvalue weighted by Gasteiger charge is 2.48. The van der Waals surface area contributed by atoms with E-state index in [0.29, 0.717) is 26.1 Å². The SMILES string of the molecule is NCCCN1C[C@@H](CO)[C@H](C(F)(F)F)C1. The lowest BCUT2D eigenvalue weighted by Crippen LogP contribution is -2.31. The van der Waals surface area contributed by atoms with Crippen molar-refractivity contribution in [2.45, 2.75) is 12.6 Å². The van der Waals surface area contributed by atoms with Gasteiger partial charge in [0.2, 0.25) is 0 Å². The van der Waals surface area contributed by atoms with E-state index in [1.165, 1.54) is 0 Å². The topological polar surface area (TPSA) is 49.5 Å². The summed E-state index contributed by atoms with van der Waals surface area (Å²) >= 11 is 0. The van der Waals surface area contributed by atoms with E-state index >= 15 is 0 Å². The van der Waals surface area contributed by atoms with Crippen LogP contribution in [0.1, 0.15) is 6.42 Å². The van der Waals surface area contributed by atoms with E-state index < -0.39 is 24.6 Å². The summed E-state index contributed by atoms with van der Waals surface area (Å²) in [7, 11) is 0. The van der Waals surface area contributed by atoms with Crippen molar-refractivity contribution >= 4 is 0 Å². The quantitative estimate of drug-likeness (QED) is 0.731. The fraction of sp³-hybridized carbons (Fsp3) is 1.00. The van der Waals surface area contributed by atoms with Gasteiger partial charge in [0, 0.05) is 25.6 Å². The molecule has 1 rings (SSSR count). The first-order valence-electron chi connectivity index (χ1n) is 5.09. The number of halogens is 3. The van der Waals surface area contributed by atoms with Crippen LogP contribution in [0.4, 0.5) is 13.2 Å². The third-order valence-corrected chi connectivity index (χ3v) is 2.85. The minimum atomic E-state index is -4.20. The van der Waals surface area contributed by atoms with Gasteiger partial charge >= 0.3 is 6.18 Å². The van der Waals surface area contributed by atoms with Crippen molar-refractivity contribution in [1.82, 2.24) is 4.90 Å². The van der Waals surface area contributed by atoms with Crippen LogP contribution in [0.15, 0.2) is 0 Å². The highest BCUT2D eigenvalue weighted by molar-refractivity contribution is 4.87. The molecule has 1 heterocycles. The Labute approximate surface area is 87.0 Å². The van der Waals surface area contributed by atoms with Gasteiger partial charge in [-0.15, -0.1) is 0 Å². The molecule has 3 nitrogen and oxygen atoms in total. The van der Waals surface area contributed by atoms with Crippen LogP contribution in [0.25, 0.3) is 0 Å². The zero-order valence-corrected chi connectivity index (χ0v) is 8.50. The molecule has 0 unspecified atom stereocenters. The first-order valence-corrected chi connectivity index (χ1v) is 5.09. The second-order valence-corrected chi connectivity index (χ2v) is 3.99. The lowest BCUT2D eigenvalue weighted by Gasteiger charge is -2.19. The van der Waals surface area contributed by atoms with Crippen LogP contribution in [0.5, 0.6) is 0 Å². The van der Waals surface area contributed by atoms with Crippen LogP contribution in [-0.2, 0) is 0 Å². The maximum Gasteiger partial charge on any atom is 0.393 e. The molecule has 2 atom stereocenters. The Hall–Kier alpha value is -0.330. The third kappa shape index (κ3) is 3.32. The summed E-state index contributed by atoms with van der Waals surface area (Å²) in [5.74, 6) is -2.07. The summed E-state index contributed by atoms with van der Waals surface area (Å²) in [5.41, 5.74) is 5.30. The van der Waals surface area contributed by atoms with E-state index in [-0.39, 0.29) is 6.54 Å². The van der Waals surface area contributed by atoms with Gasteiger partial charge in [0.15, 0.2) is 0 Å². The number of alkyl halides is 3. The average Bonchev–Trinajstić information content (AvgIpc) is 2.57. The Bertz CT molecular complexity index is 198. The highest BCUT2D eigenvalue weighted by atomic mass is 19.4. The smallest absolute Gasteiger partial charge is 0.393 e. The first-order chi connectivity index (χ1) is 6.99. The third-order valence-electron chi connectivity index (χ3n) is 2.85. The van der Waals surface area contributed by atoms with Crippen LogP contribution >= 0.6 is 0 Å². The van der Waals surface area contributed by atoms with Crippen LogP contribution in [0.3, 0.4) is 0 Å². The Morgan fingerprint density at radius 1 is 1.33 bits per heavy atom. The molecule has 1 fully saturated rings. The molecule has 0 amide bonds. The molecular weight excluding hydrogens is 209 g/mol. The second kappa shape index (κ2) is 5.14. The van der Waals surface area contributed by atoms with Gasteiger partial charge in [-0.25, -0.2) is 0 Å². The predicted octanol–water partition coefficient (Wildman–Crippen LogP) is 0.438. The molecule has 0 saturated carbocycles. The second-order valence-electron chi connectivity index (χ2n) is 3.99. The monoisotopic (exact) mass is 226 g/mol. The van der Waals surface area contributed by atoms with Gasteiger partial charge in [0.1, 0.15) is 0 Å². The number of aliphatic hydroxyl groups excluding tert-OH is 1. The number of hydrogen-bond donors (Lipinski definition) is 2. The van der Waals surface area contributed by atoms with Gasteiger partial charge < -0.3 is 15.7 Å². The molecule has 0 aromatic rings. The zero-order chi connectivity index (χ0) is 11.5. The van der Waals surface area contributed by atoms with Crippen molar-refractivity contribution in [3.05, 3.63) is 0 Å². The summed E-state index contributed by atoms with van der Waals surface area (Å²) in [6.45, 7) is 0.981. The van der Waals surface area contributed by atoms with Gasteiger partial charge in [0.25, 0.3) is 0 Å². The van der Waals surface area contributed by atoms with Crippen molar-refractivity contribution in [1.29, 1.82) is 0 Å². The molecule has 15 heavy (non-hydrogen) atoms. The molecule has 0 aromatic heterocycles. The van der Waals surface area contributed by atoms with Crippen LogP contribution < -0.4 is 5.73 Å². The zero-order valence-electron chi connectivity index (χ0n) is 8.50. The van der Waals surface area contributed by atoms with Crippen molar-refractivity contribution in [3.8, 4) is 0 Å². The summed E-state index contributed by atoms with van der Waals surface area (Å²) in [4.78, 5) is 1.73. The number of rotatable bonds is 4. The van der Waals surface area contributed by atoms with E-state index in [1.807, 2.05) is 0 Å². The van der Waals surface area contributed by atoms with Crippen molar-refractivity contribution in [3.63, 3.8) is 0 Å². The first kappa shape index (κ1) is 12.7. The fourth-order valence-corrected chi connectivity index (χ4v) is 2.01. The summed E-state index contributed by atoms with van der Waals surface area (Å²) in [6.07, 6.45) is -3.51. The predicted molar refractivity (Wildman–Crippen MR) is 50.2 cm³/mol. The number of aliphatic hydroxyl groups is 1. The number of nitrogens with two attached hydrogens (primary N) is 1. The largest absolute Gasteiger partial charge is 0.396 e. The molecule has 1 aliphatic heterocycles. The number of nitrogens with zero attached hydrogens (tertiary/aromatic N) is 1. The molecular formula is C9H17F3N2O. The van der Waals surface area contributed by atoms with E-state index in [9.17, 15) is 13.2 Å². The fourth-order valence-electron chi connectivity index (χ4n) is 2.01. The summed E-state index contributed by atoms with van der Waals surface area (Å²) < 4.78 is 37.6. The van der Waals surface area contributed by atoms with E-state index in [0.717, 1.165) is 0 Å². The Kier molecular flexibility index (Phi) is 4.36. The molecule has 1 aliphatic rings. The lowest BCUT2D eigenvalue weighted by molar-refractivity contribution is -0.183. The minimum absolute atomic E-state index is 0.00523. The molecule has 1 saturated heterocycles. The summed E-state index contributed by atoms with van der Waals surface area (Å²) in [6, 6.07) is 0. The maximum absolute atomic E-state index is 12.5. The van der Waals surface area contributed by atoms with Crippen molar-refractivity contribution < 1.29 is 18.3 Å². The van der Waals surface area contributed by atoms with Crippen molar-refractivity contribution in [2.75, 3.05) is 32.8 Å². The van der Waals surface area contributed by atoms with Gasteiger partial charge in [-0.3, -0.25) is 0 Å². The molecule has 90 valence electrons. The number of hydrogen-bond acceptors (Lipinski definition) is 3. The molecule has 0 radical (unpaired) electrons. The molecule has 6 heteroatoms. The normalized spacial score (nSPS) is 28.6. The Morgan fingerprint density at radius 3 is 2.40 bits per heavy atom. The van der Waals surface area contributed by atoms with Gasteiger partial charge in [-0.1, -0.05) is 0 Å².